The van der Waals surface area contributed by atoms with Crippen LogP contribution in [0.5, 0.6) is 0 Å². The molecule has 0 saturated heterocycles. The van der Waals surface area contributed by atoms with Crippen LogP contribution in [-0.4, -0.2) is 19.9 Å². The van der Waals surface area contributed by atoms with Crippen molar-refractivity contribution in [2.45, 2.75) is 26.0 Å². The van der Waals surface area contributed by atoms with Gasteiger partial charge in [-0.1, -0.05) is 23.2 Å². The number of hydrogen-bond acceptors (Lipinski definition) is 3. The maximum absolute atomic E-state index is 10.4. The molecule has 2 heterocycles. The number of pyridine rings is 1. The Bertz CT molecular complexity index is 554. The van der Waals surface area contributed by atoms with Gasteiger partial charge in [-0.25, -0.2) is 4.98 Å². The summed E-state index contributed by atoms with van der Waals surface area (Å²) in [6.45, 7) is 3.94. The lowest BCUT2D eigenvalue weighted by Crippen LogP contribution is -2.12. The molecule has 0 spiro atoms. The molecule has 0 aromatic carbocycles. The highest BCUT2D eigenvalue weighted by Crippen LogP contribution is 2.30. The van der Waals surface area contributed by atoms with Gasteiger partial charge in [0.05, 0.1) is 16.9 Å². The van der Waals surface area contributed by atoms with E-state index in [0.717, 1.165) is 0 Å². The van der Waals surface area contributed by atoms with Crippen molar-refractivity contribution in [1.82, 2.24) is 14.8 Å². The van der Waals surface area contributed by atoms with Gasteiger partial charge in [-0.05, 0) is 31.5 Å². The summed E-state index contributed by atoms with van der Waals surface area (Å²) < 4.78 is 1.70. The van der Waals surface area contributed by atoms with Crippen molar-refractivity contribution in [3.63, 3.8) is 0 Å². The normalized spacial score (nSPS) is 13.0. The molecular weight excluding hydrogens is 273 g/mol. The van der Waals surface area contributed by atoms with Gasteiger partial charge < -0.3 is 5.11 Å². The Kier molecular flexibility index (Phi) is 3.90. The first kappa shape index (κ1) is 13.3. The molecule has 0 radical (unpaired) electrons. The number of aliphatic hydroxyl groups excluding tert-OH is 1. The van der Waals surface area contributed by atoms with E-state index in [1.807, 2.05) is 13.8 Å². The van der Waals surface area contributed by atoms with Gasteiger partial charge in [0.1, 0.15) is 11.3 Å². The maximum Gasteiger partial charge on any atom is 0.129 e. The quantitative estimate of drug-likeness (QED) is 0.881. The van der Waals surface area contributed by atoms with Gasteiger partial charge in [0.25, 0.3) is 0 Å². The van der Waals surface area contributed by atoms with Gasteiger partial charge in [0.15, 0.2) is 0 Å². The minimum Gasteiger partial charge on any atom is -0.382 e. The summed E-state index contributed by atoms with van der Waals surface area (Å²) >= 11 is 11.9. The third-order valence-electron chi connectivity index (χ3n) is 2.60. The average molecular weight is 286 g/mol. The predicted molar refractivity (Wildman–Crippen MR) is 70.9 cm³/mol. The molecule has 0 bridgehead atoms. The Morgan fingerprint density at radius 1 is 1.33 bits per heavy atom. The number of nitrogens with zero attached hydrogens (tertiary/aromatic N) is 3. The smallest absolute Gasteiger partial charge is 0.129 e. The molecule has 2 aromatic heterocycles. The van der Waals surface area contributed by atoms with E-state index < -0.39 is 6.10 Å². The molecule has 18 heavy (non-hydrogen) atoms. The number of halogens is 2. The van der Waals surface area contributed by atoms with Crippen LogP contribution in [0.2, 0.25) is 10.2 Å². The molecule has 0 aliphatic heterocycles. The largest absolute Gasteiger partial charge is 0.382 e. The van der Waals surface area contributed by atoms with Crippen molar-refractivity contribution in [2.75, 3.05) is 0 Å². The highest BCUT2D eigenvalue weighted by atomic mass is 35.5. The summed E-state index contributed by atoms with van der Waals surface area (Å²) in [4.78, 5) is 3.88. The molecular formula is C12H13Cl2N3O. The molecule has 6 heteroatoms. The molecule has 0 saturated carbocycles. The van der Waals surface area contributed by atoms with Crippen molar-refractivity contribution in [3.8, 4) is 0 Å². The summed E-state index contributed by atoms with van der Waals surface area (Å²) in [5.41, 5.74) is 1.20. The predicted octanol–water partition coefficient (Wildman–Crippen LogP) is 3.25. The lowest BCUT2D eigenvalue weighted by molar-refractivity contribution is 0.205. The Morgan fingerprint density at radius 2 is 2.06 bits per heavy atom. The van der Waals surface area contributed by atoms with Gasteiger partial charge in [0, 0.05) is 12.2 Å². The van der Waals surface area contributed by atoms with E-state index in [9.17, 15) is 5.11 Å². The molecule has 0 fully saturated rings. The third-order valence-corrected chi connectivity index (χ3v) is 3.10. The van der Waals surface area contributed by atoms with Crippen molar-refractivity contribution in [3.05, 3.63) is 46.0 Å². The van der Waals surface area contributed by atoms with Crippen molar-refractivity contribution >= 4 is 23.2 Å². The fraction of sp³-hybridized carbons (Fsp3) is 0.333. The first-order valence-electron chi connectivity index (χ1n) is 5.53. The molecule has 0 aliphatic carbocycles. The molecule has 1 unspecified atom stereocenters. The van der Waals surface area contributed by atoms with Crippen molar-refractivity contribution < 1.29 is 5.11 Å². The minimum absolute atomic E-state index is 0.111. The third kappa shape index (κ3) is 2.51. The van der Waals surface area contributed by atoms with Crippen molar-refractivity contribution in [2.24, 2.45) is 0 Å². The Labute approximate surface area is 115 Å². The van der Waals surface area contributed by atoms with E-state index in [4.69, 9.17) is 23.2 Å². The second-order valence-corrected chi connectivity index (χ2v) is 5.02. The molecule has 2 rings (SSSR count). The lowest BCUT2D eigenvalue weighted by atomic mass is 10.1. The summed E-state index contributed by atoms with van der Waals surface area (Å²) in [7, 11) is 0. The van der Waals surface area contributed by atoms with Crippen LogP contribution >= 0.6 is 23.2 Å². The fourth-order valence-corrected chi connectivity index (χ4v) is 2.18. The molecule has 0 aliphatic rings. The summed E-state index contributed by atoms with van der Waals surface area (Å²) in [6.07, 6.45) is 2.20. The van der Waals surface area contributed by atoms with Crippen molar-refractivity contribution in [1.29, 1.82) is 0 Å². The first-order chi connectivity index (χ1) is 8.50. The maximum atomic E-state index is 10.4. The van der Waals surface area contributed by atoms with E-state index in [0.29, 0.717) is 21.4 Å². The zero-order valence-corrected chi connectivity index (χ0v) is 11.5. The van der Waals surface area contributed by atoms with Crippen LogP contribution in [0.1, 0.15) is 37.3 Å². The van der Waals surface area contributed by atoms with E-state index in [1.165, 1.54) is 6.20 Å². The van der Waals surface area contributed by atoms with Crippen LogP contribution in [0.15, 0.2) is 24.5 Å². The second-order valence-electron chi connectivity index (χ2n) is 4.23. The Morgan fingerprint density at radius 3 is 2.67 bits per heavy atom. The highest BCUT2D eigenvalue weighted by molar-refractivity contribution is 6.31. The van der Waals surface area contributed by atoms with E-state index in [2.05, 4.69) is 10.1 Å². The average Bonchev–Trinajstić information content (AvgIpc) is 2.70. The zero-order chi connectivity index (χ0) is 13.3. The summed E-state index contributed by atoms with van der Waals surface area (Å²) in [5.74, 6) is 0. The van der Waals surface area contributed by atoms with Gasteiger partial charge in [-0.3, -0.25) is 4.68 Å². The Hall–Kier alpha value is -1.10. The lowest BCUT2D eigenvalue weighted by Gasteiger charge is -2.16. The monoisotopic (exact) mass is 285 g/mol. The van der Waals surface area contributed by atoms with Crippen LogP contribution in [0.3, 0.4) is 0 Å². The number of hydrogen-bond donors (Lipinski definition) is 1. The Balaban J connectivity index is 2.45. The van der Waals surface area contributed by atoms with Crippen LogP contribution in [0.4, 0.5) is 0 Å². The topological polar surface area (TPSA) is 50.9 Å². The van der Waals surface area contributed by atoms with E-state index in [1.54, 1.807) is 23.0 Å². The van der Waals surface area contributed by atoms with E-state index >= 15 is 0 Å². The molecule has 1 N–H and O–H groups in total. The number of aliphatic hydroxyl groups is 1. The molecule has 0 amide bonds. The SMILES string of the molecule is CC(C)n1ncc(Cl)c1C(O)c1ccnc(Cl)c1. The van der Waals surface area contributed by atoms with Gasteiger partial charge in [-0.15, -0.1) is 0 Å². The summed E-state index contributed by atoms with van der Waals surface area (Å²) in [6, 6.07) is 3.42. The standard InChI is InChI=1S/C12H13Cl2N3O/c1-7(2)17-11(9(13)6-16-17)12(18)8-3-4-15-10(14)5-8/h3-7,12,18H,1-2H3. The number of aromatic nitrogens is 3. The molecule has 1 atom stereocenters. The van der Waals surface area contributed by atoms with Crippen LogP contribution in [0.25, 0.3) is 0 Å². The number of rotatable bonds is 3. The fourth-order valence-electron chi connectivity index (χ4n) is 1.76. The van der Waals surface area contributed by atoms with Gasteiger partial charge >= 0.3 is 0 Å². The highest BCUT2D eigenvalue weighted by Gasteiger charge is 2.21. The van der Waals surface area contributed by atoms with Gasteiger partial charge in [0.2, 0.25) is 0 Å². The van der Waals surface area contributed by atoms with Crippen LogP contribution in [-0.2, 0) is 0 Å². The van der Waals surface area contributed by atoms with E-state index in [-0.39, 0.29) is 6.04 Å². The molecule has 4 nitrogen and oxygen atoms in total. The minimum atomic E-state index is -0.872. The molecule has 96 valence electrons. The second kappa shape index (κ2) is 5.26. The summed E-state index contributed by atoms with van der Waals surface area (Å²) in [5, 5.41) is 15.3. The van der Waals surface area contributed by atoms with Crippen LogP contribution < -0.4 is 0 Å². The first-order valence-corrected chi connectivity index (χ1v) is 6.28. The zero-order valence-electron chi connectivity index (χ0n) is 10.0. The van der Waals surface area contributed by atoms with Crippen LogP contribution in [0, 0.1) is 0 Å². The van der Waals surface area contributed by atoms with Gasteiger partial charge in [-0.2, -0.15) is 5.10 Å². The molecule has 2 aromatic rings.